The lowest BCUT2D eigenvalue weighted by atomic mass is 9.99. The summed E-state index contributed by atoms with van der Waals surface area (Å²) in [6.45, 7) is 6.41. The molecule has 0 N–H and O–H groups in total. The lowest BCUT2D eigenvalue weighted by molar-refractivity contribution is -0.142. The average Bonchev–Trinajstić information content (AvgIpc) is 1.94. The van der Waals surface area contributed by atoms with E-state index in [1.165, 1.54) is 0 Å². The Hall–Kier alpha value is -0.570. The Kier molecular flexibility index (Phi) is 3.09. The summed E-state index contributed by atoms with van der Waals surface area (Å²) in [6, 6.07) is 0. The highest BCUT2D eigenvalue weighted by atomic mass is 16.5. The molecule has 1 aliphatic heterocycles. The van der Waals surface area contributed by atoms with Crippen molar-refractivity contribution in [3.05, 3.63) is 0 Å². The Labute approximate surface area is 73.7 Å². The van der Waals surface area contributed by atoms with Crippen molar-refractivity contribution < 1.29 is 9.53 Å². The summed E-state index contributed by atoms with van der Waals surface area (Å²) in [5, 5.41) is 0. The number of amides is 1. The van der Waals surface area contributed by atoms with Gasteiger partial charge in [0.25, 0.3) is 0 Å². The van der Waals surface area contributed by atoms with Crippen LogP contribution in [0.1, 0.15) is 13.8 Å². The third-order valence-corrected chi connectivity index (χ3v) is 2.17. The third-order valence-electron chi connectivity index (χ3n) is 2.17. The highest BCUT2D eigenvalue weighted by Gasteiger charge is 2.31. The topological polar surface area (TPSA) is 29.5 Å². The molecule has 0 spiro atoms. The first-order chi connectivity index (χ1) is 5.65. The van der Waals surface area contributed by atoms with E-state index in [1.807, 2.05) is 18.7 Å². The summed E-state index contributed by atoms with van der Waals surface area (Å²) in [4.78, 5) is 13.3. The smallest absolute Gasteiger partial charge is 0.225 e. The fourth-order valence-corrected chi connectivity index (χ4v) is 1.46. The molecule has 1 aliphatic rings. The average molecular weight is 171 g/mol. The number of hydrogen-bond acceptors (Lipinski definition) is 2. The van der Waals surface area contributed by atoms with Crippen molar-refractivity contribution >= 4 is 5.91 Å². The van der Waals surface area contributed by atoms with Crippen molar-refractivity contribution in [2.24, 2.45) is 11.8 Å². The molecule has 1 fully saturated rings. The number of likely N-dealkylation sites (tertiary alicyclic amines) is 1. The number of methoxy groups -OCH3 is 1. The van der Waals surface area contributed by atoms with Gasteiger partial charge >= 0.3 is 0 Å². The SMILES string of the molecule is COCC1CN(C(=O)C(C)C)C1. The zero-order chi connectivity index (χ0) is 9.14. The second-order valence-electron chi connectivity index (χ2n) is 3.72. The van der Waals surface area contributed by atoms with Crippen LogP contribution in [0.3, 0.4) is 0 Å². The largest absolute Gasteiger partial charge is 0.384 e. The highest BCUT2D eigenvalue weighted by Crippen LogP contribution is 2.17. The second-order valence-corrected chi connectivity index (χ2v) is 3.72. The van der Waals surface area contributed by atoms with E-state index in [0.717, 1.165) is 19.7 Å². The molecule has 3 heteroatoms. The molecule has 1 saturated heterocycles. The molecule has 0 saturated carbocycles. The second kappa shape index (κ2) is 3.90. The van der Waals surface area contributed by atoms with Crippen LogP contribution in [-0.2, 0) is 9.53 Å². The van der Waals surface area contributed by atoms with Crippen LogP contribution in [0.2, 0.25) is 0 Å². The van der Waals surface area contributed by atoms with Gasteiger partial charge in [-0.25, -0.2) is 0 Å². The number of ether oxygens (including phenoxy) is 1. The fourth-order valence-electron chi connectivity index (χ4n) is 1.46. The van der Waals surface area contributed by atoms with Crippen molar-refractivity contribution in [1.29, 1.82) is 0 Å². The molecular formula is C9H17NO2. The van der Waals surface area contributed by atoms with Gasteiger partial charge in [0.1, 0.15) is 0 Å². The van der Waals surface area contributed by atoms with Crippen LogP contribution >= 0.6 is 0 Å². The fraction of sp³-hybridized carbons (Fsp3) is 0.889. The van der Waals surface area contributed by atoms with Gasteiger partial charge in [-0.3, -0.25) is 4.79 Å². The van der Waals surface area contributed by atoms with Crippen molar-refractivity contribution in [2.45, 2.75) is 13.8 Å². The highest BCUT2D eigenvalue weighted by molar-refractivity contribution is 5.78. The molecule has 1 rings (SSSR count). The van der Waals surface area contributed by atoms with E-state index in [-0.39, 0.29) is 11.8 Å². The minimum atomic E-state index is 0.133. The van der Waals surface area contributed by atoms with E-state index in [1.54, 1.807) is 7.11 Å². The first-order valence-corrected chi connectivity index (χ1v) is 4.43. The lowest BCUT2D eigenvalue weighted by Gasteiger charge is -2.39. The van der Waals surface area contributed by atoms with E-state index < -0.39 is 0 Å². The van der Waals surface area contributed by atoms with Crippen LogP contribution in [0.4, 0.5) is 0 Å². The molecule has 0 aromatic carbocycles. The molecule has 0 atom stereocenters. The maximum atomic E-state index is 11.4. The number of hydrogen-bond donors (Lipinski definition) is 0. The molecule has 0 aliphatic carbocycles. The molecule has 1 heterocycles. The molecule has 0 radical (unpaired) electrons. The molecule has 0 aromatic rings. The Morgan fingerprint density at radius 1 is 1.58 bits per heavy atom. The molecule has 1 amide bonds. The van der Waals surface area contributed by atoms with Gasteiger partial charge in [0.15, 0.2) is 0 Å². The zero-order valence-electron chi connectivity index (χ0n) is 8.04. The Balaban J connectivity index is 2.20. The number of carbonyl (C=O) groups is 1. The monoisotopic (exact) mass is 171 g/mol. The Morgan fingerprint density at radius 3 is 2.58 bits per heavy atom. The number of rotatable bonds is 3. The Morgan fingerprint density at radius 2 is 2.17 bits per heavy atom. The standard InChI is InChI=1S/C9H17NO2/c1-7(2)9(11)10-4-8(5-10)6-12-3/h7-8H,4-6H2,1-3H3. The molecule has 12 heavy (non-hydrogen) atoms. The molecule has 0 bridgehead atoms. The maximum absolute atomic E-state index is 11.4. The van der Waals surface area contributed by atoms with Crippen LogP contribution < -0.4 is 0 Å². The summed E-state index contributed by atoms with van der Waals surface area (Å²) < 4.78 is 5.00. The maximum Gasteiger partial charge on any atom is 0.225 e. The minimum absolute atomic E-state index is 0.133. The molecule has 3 nitrogen and oxygen atoms in total. The van der Waals surface area contributed by atoms with Crippen molar-refractivity contribution in [2.75, 3.05) is 26.8 Å². The predicted molar refractivity (Wildman–Crippen MR) is 46.8 cm³/mol. The summed E-state index contributed by atoms with van der Waals surface area (Å²) >= 11 is 0. The Bertz CT molecular complexity index is 162. The molecule has 0 unspecified atom stereocenters. The van der Waals surface area contributed by atoms with Crippen LogP contribution in [-0.4, -0.2) is 37.6 Å². The van der Waals surface area contributed by atoms with Gasteiger partial charge in [0.05, 0.1) is 6.61 Å². The summed E-state index contributed by atoms with van der Waals surface area (Å²) in [5.74, 6) is 0.966. The van der Waals surface area contributed by atoms with Gasteiger partial charge in [-0.05, 0) is 0 Å². The van der Waals surface area contributed by atoms with Crippen molar-refractivity contribution in [3.8, 4) is 0 Å². The van der Waals surface area contributed by atoms with Gasteiger partial charge in [-0.2, -0.15) is 0 Å². The molecule has 70 valence electrons. The van der Waals surface area contributed by atoms with Gasteiger partial charge in [-0.15, -0.1) is 0 Å². The minimum Gasteiger partial charge on any atom is -0.384 e. The van der Waals surface area contributed by atoms with E-state index >= 15 is 0 Å². The normalized spacial score (nSPS) is 18.2. The van der Waals surface area contributed by atoms with Gasteiger partial charge in [0.2, 0.25) is 5.91 Å². The van der Waals surface area contributed by atoms with E-state index in [0.29, 0.717) is 5.92 Å². The quantitative estimate of drug-likeness (QED) is 0.627. The number of nitrogens with zero attached hydrogens (tertiary/aromatic N) is 1. The van der Waals surface area contributed by atoms with Gasteiger partial charge in [-0.1, -0.05) is 13.8 Å². The lowest BCUT2D eigenvalue weighted by Crippen LogP contribution is -2.52. The van der Waals surface area contributed by atoms with E-state index in [2.05, 4.69) is 0 Å². The molecule has 0 aromatic heterocycles. The van der Waals surface area contributed by atoms with E-state index in [9.17, 15) is 4.79 Å². The first kappa shape index (κ1) is 9.52. The van der Waals surface area contributed by atoms with E-state index in [4.69, 9.17) is 4.74 Å². The van der Waals surface area contributed by atoms with Crippen molar-refractivity contribution in [1.82, 2.24) is 4.90 Å². The van der Waals surface area contributed by atoms with Gasteiger partial charge in [0, 0.05) is 32.0 Å². The zero-order valence-corrected chi connectivity index (χ0v) is 8.04. The van der Waals surface area contributed by atoms with Crippen LogP contribution in [0.25, 0.3) is 0 Å². The summed E-state index contributed by atoms with van der Waals surface area (Å²) in [5.41, 5.74) is 0. The van der Waals surface area contributed by atoms with Crippen LogP contribution in [0, 0.1) is 11.8 Å². The molecular weight excluding hydrogens is 154 g/mol. The predicted octanol–water partition coefficient (Wildman–Crippen LogP) is 0.747. The van der Waals surface area contributed by atoms with Crippen LogP contribution in [0.15, 0.2) is 0 Å². The summed E-state index contributed by atoms with van der Waals surface area (Å²) in [7, 11) is 1.70. The first-order valence-electron chi connectivity index (χ1n) is 4.43. The number of carbonyl (C=O) groups excluding carboxylic acids is 1. The van der Waals surface area contributed by atoms with Gasteiger partial charge < -0.3 is 9.64 Å². The third kappa shape index (κ3) is 1.97. The van der Waals surface area contributed by atoms with Crippen molar-refractivity contribution in [3.63, 3.8) is 0 Å². The van der Waals surface area contributed by atoms with Crippen LogP contribution in [0.5, 0.6) is 0 Å². The summed E-state index contributed by atoms with van der Waals surface area (Å²) in [6.07, 6.45) is 0.